The number of pyridine rings is 1. The van der Waals surface area contributed by atoms with Crippen molar-refractivity contribution >= 4 is 11.7 Å². The Morgan fingerprint density at radius 1 is 1.24 bits per heavy atom. The number of hydrogen-bond donors (Lipinski definition) is 2. The summed E-state index contributed by atoms with van der Waals surface area (Å²) in [6.07, 6.45) is 3.00. The number of rotatable bonds is 4. The normalized spacial score (nSPS) is 9.88. The maximum atomic E-state index is 10.8. The summed E-state index contributed by atoms with van der Waals surface area (Å²) in [7, 11) is 0. The summed E-state index contributed by atoms with van der Waals surface area (Å²) in [5, 5.41) is 12.0. The highest BCUT2D eigenvalue weighted by Crippen LogP contribution is 2.09. The van der Waals surface area contributed by atoms with Gasteiger partial charge in [-0.05, 0) is 23.8 Å². The summed E-state index contributed by atoms with van der Waals surface area (Å²) in [5.74, 6) is -0.959. The van der Waals surface area contributed by atoms with Gasteiger partial charge in [0.25, 0.3) is 0 Å². The average Bonchev–Trinajstić information content (AvgIpc) is 2.38. The van der Waals surface area contributed by atoms with E-state index < -0.39 is 5.97 Å². The Bertz CT molecular complexity index is 512. The van der Waals surface area contributed by atoms with Crippen molar-refractivity contribution in [3.63, 3.8) is 0 Å². The Kier molecular flexibility index (Phi) is 3.35. The molecular weight excluding hydrogens is 216 g/mol. The van der Waals surface area contributed by atoms with Crippen molar-refractivity contribution in [3.05, 3.63) is 59.9 Å². The van der Waals surface area contributed by atoms with Crippen LogP contribution in [-0.4, -0.2) is 16.1 Å². The first-order chi connectivity index (χ1) is 8.25. The summed E-state index contributed by atoms with van der Waals surface area (Å²) in [4.78, 5) is 14.7. The molecule has 0 aliphatic heterocycles. The summed E-state index contributed by atoms with van der Waals surface area (Å²) >= 11 is 0. The largest absolute Gasteiger partial charge is 0.478 e. The summed E-state index contributed by atoms with van der Waals surface area (Å²) in [5.41, 5.74) is 2.04. The standard InChI is InChI=1S/C13H12N2O2/c16-13(17)11-6-10(7-14-9-11)8-15-12-4-2-1-3-5-12/h1-7,9,15H,8H2,(H,16,17). The second kappa shape index (κ2) is 5.12. The molecule has 0 saturated heterocycles. The molecule has 1 aromatic heterocycles. The third-order valence-electron chi connectivity index (χ3n) is 2.31. The lowest BCUT2D eigenvalue weighted by molar-refractivity contribution is 0.0696. The van der Waals surface area contributed by atoms with Crippen molar-refractivity contribution in [1.29, 1.82) is 0 Å². The fourth-order valence-electron chi connectivity index (χ4n) is 1.46. The van der Waals surface area contributed by atoms with Gasteiger partial charge < -0.3 is 10.4 Å². The van der Waals surface area contributed by atoms with Crippen molar-refractivity contribution in [1.82, 2.24) is 4.98 Å². The van der Waals surface area contributed by atoms with Gasteiger partial charge in [-0.3, -0.25) is 4.98 Å². The third-order valence-corrected chi connectivity index (χ3v) is 2.31. The first kappa shape index (κ1) is 11.1. The van der Waals surface area contributed by atoms with Crippen LogP contribution in [0.2, 0.25) is 0 Å². The maximum absolute atomic E-state index is 10.8. The van der Waals surface area contributed by atoms with Crippen LogP contribution >= 0.6 is 0 Å². The first-order valence-electron chi connectivity index (χ1n) is 5.22. The van der Waals surface area contributed by atoms with Gasteiger partial charge in [-0.15, -0.1) is 0 Å². The molecule has 2 aromatic rings. The van der Waals surface area contributed by atoms with E-state index in [1.807, 2.05) is 30.3 Å². The smallest absolute Gasteiger partial charge is 0.337 e. The quantitative estimate of drug-likeness (QED) is 0.843. The molecule has 0 atom stereocenters. The molecule has 0 unspecified atom stereocenters. The van der Waals surface area contributed by atoms with E-state index in [-0.39, 0.29) is 5.56 Å². The van der Waals surface area contributed by atoms with E-state index in [4.69, 9.17) is 5.11 Å². The van der Waals surface area contributed by atoms with E-state index in [1.54, 1.807) is 12.3 Å². The minimum absolute atomic E-state index is 0.206. The van der Waals surface area contributed by atoms with Gasteiger partial charge in [-0.2, -0.15) is 0 Å². The Balaban J connectivity index is 2.04. The van der Waals surface area contributed by atoms with E-state index in [9.17, 15) is 4.79 Å². The lowest BCUT2D eigenvalue weighted by atomic mass is 10.2. The van der Waals surface area contributed by atoms with E-state index in [2.05, 4.69) is 10.3 Å². The van der Waals surface area contributed by atoms with Crippen LogP contribution in [0.1, 0.15) is 15.9 Å². The number of para-hydroxylation sites is 1. The molecular formula is C13H12N2O2. The molecule has 2 rings (SSSR count). The van der Waals surface area contributed by atoms with E-state index in [1.165, 1.54) is 6.20 Å². The van der Waals surface area contributed by atoms with Crippen molar-refractivity contribution < 1.29 is 9.90 Å². The van der Waals surface area contributed by atoms with Crippen molar-refractivity contribution in [2.24, 2.45) is 0 Å². The Labute approximate surface area is 98.9 Å². The topological polar surface area (TPSA) is 62.2 Å². The monoisotopic (exact) mass is 228 g/mol. The van der Waals surface area contributed by atoms with E-state index in [0.717, 1.165) is 11.3 Å². The molecule has 4 nitrogen and oxygen atoms in total. The van der Waals surface area contributed by atoms with Crippen LogP contribution in [0.3, 0.4) is 0 Å². The van der Waals surface area contributed by atoms with Crippen LogP contribution in [-0.2, 0) is 6.54 Å². The van der Waals surface area contributed by atoms with Gasteiger partial charge in [0.1, 0.15) is 0 Å². The number of aromatic nitrogens is 1. The summed E-state index contributed by atoms with van der Waals surface area (Å²) < 4.78 is 0. The fourth-order valence-corrected chi connectivity index (χ4v) is 1.46. The number of aromatic carboxylic acids is 1. The summed E-state index contributed by atoms with van der Waals surface area (Å²) in [6.45, 7) is 0.554. The molecule has 1 heterocycles. The minimum Gasteiger partial charge on any atom is -0.478 e. The molecule has 1 aromatic carbocycles. The first-order valence-corrected chi connectivity index (χ1v) is 5.22. The number of carbonyl (C=O) groups is 1. The molecule has 0 bridgehead atoms. The van der Waals surface area contributed by atoms with Crippen LogP contribution in [0, 0.1) is 0 Å². The van der Waals surface area contributed by atoms with Crippen LogP contribution in [0.4, 0.5) is 5.69 Å². The molecule has 17 heavy (non-hydrogen) atoms. The van der Waals surface area contributed by atoms with Crippen molar-refractivity contribution in [2.75, 3.05) is 5.32 Å². The molecule has 0 saturated carbocycles. The van der Waals surface area contributed by atoms with Crippen LogP contribution in [0.15, 0.2) is 48.8 Å². The van der Waals surface area contributed by atoms with Gasteiger partial charge in [0.2, 0.25) is 0 Å². The molecule has 2 N–H and O–H groups in total. The number of nitrogens with zero attached hydrogens (tertiary/aromatic N) is 1. The van der Waals surface area contributed by atoms with Crippen molar-refractivity contribution in [3.8, 4) is 0 Å². The van der Waals surface area contributed by atoms with E-state index in [0.29, 0.717) is 6.54 Å². The number of hydrogen-bond acceptors (Lipinski definition) is 3. The zero-order valence-electron chi connectivity index (χ0n) is 9.13. The SMILES string of the molecule is O=C(O)c1cncc(CNc2ccccc2)c1. The van der Waals surface area contributed by atoms with Gasteiger partial charge in [0.05, 0.1) is 5.56 Å². The van der Waals surface area contributed by atoms with Gasteiger partial charge in [-0.25, -0.2) is 4.79 Å². The van der Waals surface area contributed by atoms with Gasteiger partial charge in [-0.1, -0.05) is 18.2 Å². The molecule has 0 spiro atoms. The fraction of sp³-hybridized carbons (Fsp3) is 0.0769. The number of nitrogens with one attached hydrogen (secondary N) is 1. The van der Waals surface area contributed by atoms with Crippen LogP contribution in [0.5, 0.6) is 0 Å². The highest BCUT2D eigenvalue weighted by molar-refractivity contribution is 5.87. The zero-order chi connectivity index (χ0) is 12.1. The Morgan fingerprint density at radius 2 is 2.00 bits per heavy atom. The Hall–Kier alpha value is -2.36. The maximum Gasteiger partial charge on any atom is 0.337 e. The average molecular weight is 228 g/mol. The number of carboxylic acid groups (broad SMARTS) is 1. The molecule has 0 aliphatic carbocycles. The van der Waals surface area contributed by atoms with Crippen LogP contribution < -0.4 is 5.32 Å². The van der Waals surface area contributed by atoms with Gasteiger partial charge in [0.15, 0.2) is 0 Å². The lowest BCUT2D eigenvalue weighted by Gasteiger charge is -2.06. The molecule has 0 amide bonds. The van der Waals surface area contributed by atoms with E-state index >= 15 is 0 Å². The molecule has 0 radical (unpaired) electrons. The molecule has 0 fully saturated rings. The van der Waals surface area contributed by atoms with Crippen LogP contribution in [0.25, 0.3) is 0 Å². The second-order valence-electron chi connectivity index (χ2n) is 3.61. The van der Waals surface area contributed by atoms with Gasteiger partial charge >= 0.3 is 5.97 Å². The van der Waals surface area contributed by atoms with Crippen molar-refractivity contribution in [2.45, 2.75) is 6.54 Å². The predicted octanol–water partition coefficient (Wildman–Crippen LogP) is 2.39. The third kappa shape index (κ3) is 3.04. The highest BCUT2D eigenvalue weighted by atomic mass is 16.4. The predicted molar refractivity (Wildman–Crippen MR) is 65.0 cm³/mol. The minimum atomic E-state index is -0.959. The number of benzene rings is 1. The summed E-state index contributed by atoms with van der Waals surface area (Å²) in [6, 6.07) is 11.3. The zero-order valence-corrected chi connectivity index (χ0v) is 9.13. The Morgan fingerprint density at radius 3 is 2.71 bits per heavy atom. The highest BCUT2D eigenvalue weighted by Gasteiger charge is 2.03. The number of carboxylic acids is 1. The molecule has 86 valence electrons. The lowest BCUT2D eigenvalue weighted by Crippen LogP contribution is -2.03. The second-order valence-corrected chi connectivity index (χ2v) is 3.61. The molecule has 4 heteroatoms. The molecule has 0 aliphatic rings. The van der Waals surface area contributed by atoms with Gasteiger partial charge in [0, 0.05) is 24.6 Å². The number of anilines is 1.